The number of hydrogen-bond donors (Lipinski definition) is 1. The molecule has 178 valence electrons. The third-order valence-electron chi connectivity index (χ3n) is 6.70. The zero-order chi connectivity index (χ0) is 23.9. The molecule has 2 aromatic carbocycles. The number of fused-ring (bicyclic) bond motifs is 5. The molecule has 0 spiro atoms. The average molecular weight is 472 g/mol. The Kier molecular flexibility index (Phi) is 5.52. The molecule has 1 unspecified atom stereocenters. The summed E-state index contributed by atoms with van der Waals surface area (Å²) in [7, 11) is 0. The lowest BCUT2D eigenvalue weighted by Gasteiger charge is -2.25. The van der Waals surface area contributed by atoms with Gasteiger partial charge in [0.2, 0.25) is 0 Å². The van der Waals surface area contributed by atoms with Gasteiger partial charge in [-0.3, -0.25) is 14.5 Å². The fraction of sp³-hybridized carbons (Fsp3) is 0.308. The fourth-order valence-electron chi connectivity index (χ4n) is 5.08. The quantitative estimate of drug-likeness (QED) is 0.402. The molecule has 2 aliphatic rings. The van der Waals surface area contributed by atoms with Crippen LogP contribution in [0.25, 0.3) is 22.0 Å². The van der Waals surface area contributed by atoms with Crippen molar-refractivity contribution in [3.8, 4) is 11.3 Å². The van der Waals surface area contributed by atoms with Crippen molar-refractivity contribution in [2.45, 2.75) is 25.7 Å². The topological polar surface area (TPSA) is 102 Å². The van der Waals surface area contributed by atoms with Gasteiger partial charge in [-0.15, -0.1) is 5.10 Å². The Hall–Kier alpha value is -3.66. The molecular weight excluding hydrogens is 446 g/mol. The maximum absolute atomic E-state index is 13.5. The molecule has 35 heavy (non-hydrogen) atoms. The first-order valence-corrected chi connectivity index (χ1v) is 11.8. The highest BCUT2D eigenvalue weighted by molar-refractivity contribution is 6.26. The van der Waals surface area contributed by atoms with Crippen LogP contribution in [-0.2, 0) is 24.4 Å². The summed E-state index contributed by atoms with van der Waals surface area (Å²) in [5.74, 6) is -0.0981. The maximum atomic E-state index is 13.5. The summed E-state index contributed by atoms with van der Waals surface area (Å²) < 4.78 is 8.53. The number of nitrogens with zero attached hydrogens (tertiary/aromatic N) is 5. The van der Waals surface area contributed by atoms with Gasteiger partial charge in [-0.2, -0.15) is 0 Å². The Bertz CT molecular complexity index is 1480. The third-order valence-corrected chi connectivity index (χ3v) is 6.70. The molecule has 0 radical (unpaired) electrons. The molecule has 2 aromatic heterocycles. The zero-order valence-electron chi connectivity index (χ0n) is 19.1. The number of ether oxygens (including phenoxy) is 1. The van der Waals surface area contributed by atoms with Crippen molar-refractivity contribution in [1.29, 1.82) is 0 Å². The predicted octanol–water partition coefficient (Wildman–Crippen LogP) is 1.70. The van der Waals surface area contributed by atoms with Crippen LogP contribution in [0.5, 0.6) is 0 Å². The Morgan fingerprint density at radius 3 is 2.46 bits per heavy atom. The minimum absolute atomic E-state index is 0.0340. The highest BCUT2D eigenvalue weighted by Gasteiger charge is 2.32. The van der Waals surface area contributed by atoms with Gasteiger partial charge in [-0.25, -0.2) is 4.68 Å². The lowest BCUT2D eigenvalue weighted by atomic mass is 10.0. The molecule has 3 heterocycles. The summed E-state index contributed by atoms with van der Waals surface area (Å²) in [5, 5.41) is 20.5. The molecule has 1 atom stereocenters. The van der Waals surface area contributed by atoms with E-state index in [4.69, 9.17) is 4.74 Å². The van der Waals surface area contributed by atoms with Crippen molar-refractivity contribution in [3.05, 3.63) is 81.9 Å². The van der Waals surface area contributed by atoms with Crippen molar-refractivity contribution in [3.63, 3.8) is 0 Å². The number of ketones is 1. The average Bonchev–Trinajstić information content (AvgIpc) is 3.44. The number of aromatic nitrogens is 4. The molecule has 9 heteroatoms. The molecule has 9 nitrogen and oxygen atoms in total. The van der Waals surface area contributed by atoms with Crippen molar-refractivity contribution in [1.82, 2.24) is 24.5 Å². The lowest BCUT2D eigenvalue weighted by Crippen LogP contribution is -2.35. The molecule has 0 saturated carbocycles. The summed E-state index contributed by atoms with van der Waals surface area (Å²) in [6, 6.07) is 14.5. The van der Waals surface area contributed by atoms with Crippen molar-refractivity contribution in [2.24, 2.45) is 0 Å². The number of hydrogen-bond acceptors (Lipinski definition) is 7. The van der Waals surface area contributed by atoms with Gasteiger partial charge in [-0.1, -0.05) is 47.7 Å². The lowest BCUT2D eigenvalue weighted by molar-refractivity contribution is 0.0336. The molecule has 1 aliphatic carbocycles. The number of benzene rings is 2. The van der Waals surface area contributed by atoms with Gasteiger partial charge in [0, 0.05) is 47.7 Å². The van der Waals surface area contributed by atoms with E-state index in [0.29, 0.717) is 47.4 Å². The number of rotatable bonds is 6. The predicted molar refractivity (Wildman–Crippen MR) is 129 cm³/mol. The Balaban J connectivity index is 1.31. The van der Waals surface area contributed by atoms with E-state index < -0.39 is 6.10 Å². The molecule has 0 bridgehead atoms. The van der Waals surface area contributed by atoms with E-state index in [9.17, 15) is 14.7 Å². The van der Waals surface area contributed by atoms with Crippen LogP contribution in [0.1, 0.15) is 21.6 Å². The van der Waals surface area contributed by atoms with E-state index in [1.165, 1.54) is 4.57 Å². The highest BCUT2D eigenvalue weighted by Crippen LogP contribution is 2.39. The zero-order valence-corrected chi connectivity index (χ0v) is 19.1. The first-order valence-electron chi connectivity index (χ1n) is 11.8. The van der Waals surface area contributed by atoms with Crippen LogP contribution in [0.15, 0.2) is 59.5 Å². The molecule has 1 aliphatic heterocycles. The number of pyridine rings is 1. The van der Waals surface area contributed by atoms with E-state index in [0.717, 1.165) is 24.3 Å². The molecule has 4 aromatic rings. The Labute approximate surface area is 201 Å². The van der Waals surface area contributed by atoms with Crippen molar-refractivity contribution < 1.29 is 14.6 Å². The summed E-state index contributed by atoms with van der Waals surface area (Å²) in [6.45, 7) is 4.02. The standard InChI is InChI=1S/C26H25N5O4/c32-18(15-30-14-17(27-28-30)13-29-9-11-35-12-10-29)16-31-24-20-6-2-3-7-21(20)25(33)23(24)19-5-1-4-8-22(19)26(31)34/h1-8,14,18,32H,9-13,15-16H2. The van der Waals surface area contributed by atoms with Gasteiger partial charge in [0.1, 0.15) is 0 Å². The third kappa shape index (κ3) is 3.87. The van der Waals surface area contributed by atoms with Gasteiger partial charge in [-0.05, 0) is 6.07 Å². The van der Waals surface area contributed by atoms with Crippen LogP contribution >= 0.6 is 0 Å². The van der Waals surface area contributed by atoms with E-state index >= 15 is 0 Å². The van der Waals surface area contributed by atoms with Crippen LogP contribution in [0.3, 0.4) is 0 Å². The number of morpholine rings is 1. The molecule has 6 rings (SSSR count). The SMILES string of the molecule is O=C1c2ccccc2-c2c1c1ccccc1c(=O)n2CC(O)Cn1cc(CN2CCOCC2)nn1. The second kappa shape index (κ2) is 8.84. The maximum Gasteiger partial charge on any atom is 0.259 e. The monoisotopic (exact) mass is 471 g/mol. The number of carbonyl (C=O) groups excluding carboxylic acids is 1. The largest absolute Gasteiger partial charge is 0.389 e. The van der Waals surface area contributed by atoms with Gasteiger partial charge in [0.25, 0.3) is 5.56 Å². The van der Waals surface area contributed by atoms with E-state index in [2.05, 4.69) is 15.2 Å². The van der Waals surface area contributed by atoms with Crippen LogP contribution in [0.2, 0.25) is 0 Å². The Morgan fingerprint density at radius 1 is 0.943 bits per heavy atom. The molecule has 1 fully saturated rings. The van der Waals surface area contributed by atoms with Crippen LogP contribution in [0, 0.1) is 0 Å². The second-order valence-electron chi connectivity index (χ2n) is 9.03. The first kappa shape index (κ1) is 21.8. The summed E-state index contributed by atoms with van der Waals surface area (Å²) in [5.41, 5.74) is 2.97. The minimum Gasteiger partial charge on any atom is -0.389 e. The Morgan fingerprint density at radius 2 is 1.66 bits per heavy atom. The second-order valence-corrected chi connectivity index (χ2v) is 9.03. The normalized spacial score (nSPS) is 16.4. The first-order chi connectivity index (χ1) is 17.1. The van der Waals surface area contributed by atoms with E-state index in [-0.39, 0.29) is 24.4 Å². The van der Waals surface area contributed by atoms with Crippen LogP contribution in [-0.4, -0.2) is 67.8 Å². The molecule has 1 N–H and O–H groups in total. The van der Waals surface area contributed by atoms with Crippen molar-refractivity contribution >= 4 is 16.6 Å². The number of carbonyl (C=O) groups is 1. The van der Waals surface area contributed by atoms with Gasteiger partial charge < -0.3 is 14.4 Å². The van der Waals surface area contributed by atoms with Crippen LogP contribution in [0.4, 0.5) is 0 Å². The van der Waals surface area contributed by atoms with Crippen molar-refractivity contribution in [2.75, 3.05) is 26.3 Å². The minimum atomic E-state index is -0.904. The fourth-order valence-corrected chi connectivity index (χ4v) is 5.08. The summed E-state index contributed by atoms with van der Waals surface area (Å²) in [4.78, 5) is 29.1. The van der Waals surface area contributed by atoms with Gasteiger partial charge in [0.05, 0.1) is 49.4 Å². The smallest absolute Gasteiger partial charge is 0.259 e. The van der Waals surface area contributed by atoms with Crippen LogP contribution < -0.4 is 5.56 Å². The molecule has 0 amide bonds. The number of aliphatic hydroxyl groups is 1. The molecule has 1 saturated heterocycles. The van der Waals surface area contributed by atoms with E-state index in [1.807, 2.05) is 36.5 Å². The summed E-state index contributed by atoms with van der Waals surface area (Å²) in [6.07, 6.45) is 0.921. The van der Waals surface area contributed by atoms with Gasteiger partial charge >= 0.3 is 0 Å². The summed E-state index contributed by atoms with van der Waals surface area (Å²) >= 11 is 0. The van der Waals surface area contributed by atoms with E-state index in [1.54, 1.807) is 22.9 Å². The molecular formula is C26H25N5O4. The highest BCUT2D eigenvalue weighted by atomic mass is 16.5. The van der Waals surface area contributed by atoms with Gasteiger partial charge in [0.15, 0.2) is 5.78 Å². The number of aliphatic hydroxyl groups excluding tert-OH is 1.